The van der Waals surface area contributed by atoms with E-state index in [1.165, 1.54) is 0 Å². The lowest BCUT2D eigenvalue weighted by atomic mass is 10.8. The van der Waals surface area contributed by atoms with Gasteiger partial charge in [0.25, 0.3) is 0 Å². The first kappa shape index (κ1) is 6.84. The molecular weight excluding hydrogens is 121 g/mol. The maximum atomic E-state index is 11.1. The lowest BCUT2D eigenvalue weighted by Crippen LogP contribution is -2.23. The predicted octanol–water partition coefficient (Wildman–Crippen LogP) is -1.15. The van der Waals surface area contributed by atoms with Crippen molar-refractivity contribution in [3.8, 4) is 0 Å². The number of nitrogens with two attached hydrogens (primary N) is 1. The predicted molar refractivity (Wildman–Crippen MR) is 24.3 cm³/mol. The third kappa shape index (κ3) is 2.52. The van der Waals surface area contributed by atoms with Crippen LogP contribution in [0.3, 0.4) is 0 Å². The molecule has 0 aliphatic rings. The van der Waals surface area contributed by atoms with Crippen molar-refractivity contribution in [2.75, 3.05) is 6.67 Å². The minimum absolute atomic E-state index is 1.00. The second-order valence-corrected chi connectivity index (χ2v) is 2.24. The highest BCUT2D eigenvalue weighted by atomic mass is 32.2. The molecule has 0 aromatic carbocycles. The highest BCUT2D eigenvalue weighted by Crippen LogP contribution is 1.76. The van der Waals surface area contributed by atoms with E-state index in [1.54, 1.807) is 0 Å². The zero-order chi connectivity index (χ0) is 5.86. The van der Waals surface area contributed by atoms with Crippen molar-refractivity contribution in [1.29, 1.82) is 0 Å². The van der Waals surface area contributed by atoms with Crippen LogP contribution in [0.1, 0.15) is 0 Å². The second-order valence-electron chi connectivity index (χ2n) is 1.01. The van der Waals surface area contributed by atoms with Gasteiger partial charge in [-0.2, -0.15) is 0 Å². The van der Waals surface area contributed by atoms with E-state index in [0.717, 1.165) is 0 Å². The Morgan fingerprint density at radius 3 is 2.14 bits per heavy atom. The Morgan fingerprint density at radius 1 is 1.71 bits per heavy atom. The highest BCUT2D eigenvalue weighted by molar-refractivity contribution is 7.73. The first-order chi connectivity index (χ1) is 3.18. The summed E-state index contributed by atoms with van der Waals surface area (Å²) < 4.78 is 30.3. The maximum Gasteiger partial charge on any atom is 0.158 e. The number of hydrogen-bond donors (Lipinski definition) is 2. The van der Waals surface area contributed by atoms with Gasteiger partial charge in [-0.15, -0.1) is 0 Å². The standard InChI is InChI=1S/C2H6FNO2S/c3-1-2(4)7(5)6/h2,7H,1,4H2. The van der Waals surface area contributed by atoms with Crippen LogP contribution in [0, 0.1) is 0 Å². The maximum absolute atomic E-state index is 11.1. The summed E-state index contributed by atoms with van der Waals surface area (Å²) in [4.78, 5) is 0. The molecular formula is C2H6FNO2S. The summed E-state index contributed by atoms with van der Waals surface area (Å²) in [6.07, 6.45) is 0. The molecule has 0 aromatic rings. The van der Waals surface area contributed by atoms with Crippen molar-refractivity contribution in [3.05, 3.63) is 0 Å². The van der Waals surface area contributed by atoms with Crippen LogP contribution in [0.25, 0.3) is 0 Å². The van der Waals surface area contributed by atoms with E-state index in [9.17, 15) is 12.8 Å². The summed E-state index contributed by atoms with van der Waals surface area (Å²) in [5.41, 5.74) is 4.64. The monoisotopic (exact) mass is 127 g/mol. The van der Waals surface area contributed by atoms with Gasteiger partial charge in [0.2, 0.25) is 0 Å². The molecule has 44 valence electrons. The molecule has 3 nitrogen and oxygen atoms in total. The minimum atomic E-state index is -2.76. The molecule has 0 aromatic heterocycles. The Hall–Kier alpha value is -0.160. The summed E-state index contributed by atoms with van der Waals surface area (Å²) in [5, 5.41) is -1.31. The number of alkyl halides is 1. The largest absolute Gasteiger partial charge is 0.313 e. The summed E-state index contributed by atoms with van der Waals surface area (Å²) in [6.45, 7) is -1.00. The topological polar surface area (TPSA) is 60.2 Å². The Bertz CT molecular complexity index is 104. The Morgan fingerprint density at radius 2 is 2.14 bits per heavy atom. The molecule has 0 aliphatic heterocycles. The van der Waals surface area contributed by atoms with E-state index < -0.39 is 22.8 Å². The van der Waals surface area contributed by atoms with Crippen LogP contribution in [-0.2, 0) is 10.7 Å². The van der Waals surface area contributed by atoms with E-state index in [2.05, 4.69) is 5.73 Å². The van der Waals surface area contributed by atoms with Gasteiger partial charge >= 0.3 is 0 Å². The summed E-state index contributed by atoms with van der Waals surface area (Å²) in [5.74, 6) is 0. The molecule has 0 saturated heterocycles. The van der Waals surface area contributed by atoms with Crippen LogP contribution in [0.4, 0.5) is 4.39 Å². The van der Waals surface area contributed by atoms with Crippen molar-refractivity contribution in [2.45, 2.75) is 5.37 Å². The third-order valence-electron chi connectivity index (χ3n) is 0.429. The molecule has 0 bridgehead atoms. The quantitative estimate of drug-likeness (QED) is 0.460. The fourth-order valence-corrected chi connectivity index (χ4v) is 0.169. The molecule has 0 fully saturated rings. The molecule has 0 heterocycles. The Kier molecular flexibility index (Phi) is 2.86. The average Bonchev–Trinajstić information content (AvgIpc) is 1.65. The SMILES string of the molecule is NC(CF)[SH](=O)=O. The molecule has 0 radical (unpaired) electrons. The highest BCUT2D eigenvalue weighted by Gasteiger charge is 1.99. The fourth-order valence-electron chi connectivity index (χ4n) is 0.0563. The van der Waals surface area contributed by atoms with Crippen molar-refractivity contribution >= 4 is 10.7 Å². The van der Waals surface area contributed by atoms with Crippen molar-refractivity contribution in [1.82, 2.24) is 0 Å². The Balaban J connectivity index is 3.57. The number of halogens is 1. The lowest BCUT2D eigenvalue weighted by Gasteiger charge is -1.90. The molecule has 5 heteroatoms. The first-order valence-electron chi connectivity index (χ1n) is 1.63. The van der Waals surface area contributed by atoms with Gasteiger partial charge in [0.15, 0.2) is 10.7 Å². The third-order valence-corrected chi connectivity index (χ3v) is 1.11. The Labute approximate surface area is 42.3 Å². The van der Waals surface area contributed by atoms with Gasteiger partial charge in [0, 0.05) is 0 Å². The van der Waals surface area contributed by atoms with Crippen molar-refractivity contribution < 1.29 is 12.8 Å². The van der Waals surface area contributed by atoms with Crippen LogP contribution in [-0.4, -0.2) is 20.5 Å². The fraction of sp³-hybridized carbons (Fsp3) is 1.00. The molecule has 1 atom stereocenters. The molecule has 0 aliphatic carbocycles. The molecule has 0 rings (SSSR count). The molecule has 0 amide bonds. The van der Waals surface area contributed by atoms with Gasteiger partial charge in [-0.05, 0) is 0 Å². The normalized spacial score (nSPS) is 14.7. The van der Waals surface area contributed by atoms with Gasteiger partial charge in [-0.25, -0.2) is 12.8 Å². The van der Waals surface area contributed by atoms with E-state index >= 15 is 0 Å². The number of hydrogen-bond acceptors (Lipinski definition) is 3. The first-order valence-corrected chi connectivity index (χ1v) is 2.88. The zero-order valence-electron chi connectivity index (χ0n) is 3.50. The van der Waals surface area contributed by atoms with Gasteiger partial charge in [-0.3, -0.25) is 0 Å². The van der Waals surface area contributed by atoms with E-state index in [4.69, 9.17) is 0 Å². The number of thiol groups is 1. The van der Waals surface area contributed by atoms with Crippen LogP contribution in [0.5, 0.6) is 0 Å². The van der Waals surface area contributed by atoms with E-state index in [1.807, 2.05) is 0 Å². The molecule has 7 heavy (non-hydrogen) atoms. The molecule has 2 N–H and O–H groups in total. The summed E-state index contributed by atoms with van der Waals surface area (Å²) in [6, 6.07) is 0. The van der Waals surface area contributed by atoms with Crippen LogP contribution < -0.4 is 5.73 Å². The van der Waals surface area contributed by atoms with E-state index in [0.29, 0.717) is 0 Å². The van der Waals surface area contributed by atoms with Crippen molar-refractivity contribution in [3.63, 3.8) is 0 Å². The molecule has 0 saturated carbocycles. The summed E-state index contributed by atoms with van der Waals surface area (Å²) in [7, 11) is -2.76. The van der Waals surface area contributed by atoms with Gasteiger partial charge in [0.05, 0.1) is 0 Å². The second kappa shape index (κ2) is 2.92. The smallest absolute Gasteiger partial charge is 0.158 e. The minimum Gasteiger partial charge on any atom is -0.313 e. The molecule has 1 unspecified atom stereocenters. The molecule has 0 spiro atoms. The summed E-state index contributed by atoms with van der Waals surface area (Å²) >= 11 is 0. The van der Waals surface area contributed by atoms with Crippen LogP contribution in [0.2, 0.25) is 0 Å². The van der Waals surface area contributed by atoms with Gasteiger partial charge in [-0.1, -0.05) is 0 Å². The van der Waals surface area contributed by atoms with Crippen molar-refractivity contribution in [2.24, 2.45) is 5.73 Å². The van der Waals surface area contributed by atoms with Crippen LogP contribution >= 0.6 is 0 Å². The van der Waals surface area contributed by atoms with Gasteiger partial charge < -0.3 is 5.73 Å². The average molecular weight is 127 g/mol. The number of rotatable bonds is 2. The zero-order valence-corrected chi connectivity index (χ0v) is 4.40. The lowest BCUT2D eigenvalue weighted by molar-refractivity contribution is 0.474. The van der Waals surface area contributed by atoms with E-state index in [-0.39, 0.29) is 0 Å². The van der Waals surface area contributed by atoms with Crippen LogP contribution in [0.15, 0.2) is 0 Å². The van der Waals surface area contributed by atoms with Gasteiger partial charge in [0.1, 0.15) is 12.0 Å².